The third-order valence-electron chi connectivity index (χ3n) is 7.24. The van der Waals surface area contributed by atoms with Gasteiger partial charge >= 0.3 is 0 Å². The minimum Gasteiger partial charge on any atom is -0.256 e. The molecule has 0 spiro atoms. The van der Waals surface area contributed by atoms with Crippen molar-refractivity contribution in [2.24, 2.45) is 5.92 Å². The van der Waals surface area contributed by atoms with E-state index in [1.165, 1.54) is 59.2 Å². The molecule has 5 rings (SSSR count). The minimum atomic E-state index is 0.520. The van der Waals surface area contributed by atoms with Gasteiger partial charge in [-0.1, -0.05) is 58.1 Å². The normalized spacial score (nSPS) is 22.0. The molecule has 0 aliphatic heterocycles. The van der Waals surface area contributed by atoms with E-state index in [-0.39, 0.29) is 0 Å². The predicted molar refractivity (Wildman–Crippen MR) is 130 cm³/mol. The van der Waals surface area contributed by atoms with Crippen molar-refractivity contribution in [3.63, 3.8) is 0 Å². The quantitative estimate of drug-likeness (QED) is 0.443. The lowest BCUT2D eigenvalue weighted by Crippen LogP contribution is -2.22. The summed E-state index contributed by atoms with van der Waals surface area (Å²) in [5.41, 5.74) is 9.66. The van der Waals surface area contributed by atoms with Crippen LogP contribution in [-0.2, 0) is 0 Å². The van der Waals surface area contributed by atoms with Gasteiger partial charge in [0.05, 0.1) is 5.69 Å². The van der Waals surface area contributed by atoms with Crippen molar-refractivity contribution in [2.75, 3.05) is 0 Å². The van der Waals surface area contributed by atoms with Crippen LogP contribution in [0.4, 0.5) is 0 Å². The fourth-order valence-electron chi connectivity index (χ4n) is 5.43. The monoisotopic (exact) mass is 399 g/mol. The van der Waals surface area contributed by atoms with Gasteiger partial charge in [0.1, 0.15) is 0 Å². The van der Waals surface area contributed by atoms with Gasteiger partial charge in [-0.3, -0.25) is 4.98 Å². The third kappa shape index (κ3) is 4.04. The molecular formula is C29H37N. The summed E-state index contributed by atoms with van der Waals surface area (Å²) in [5, 5.41) is 0. The molecule has 1 atom stereocenters. The summed E-state index contributed by atoms with van der Waals surface area (Å²) < 4.78 is 0. The first-order valence-electron chi connectivity index (χ1n) is 12.0. The zero-order valence-electron chi connectivity index (χ0n) is 19.4. The van der Waals surface area contributed by atoms with Crippen LogP contribution in [0.1, 0.15) is 107 Å². The van der Waals surface area contributed by atoms with Crippen LogP contribution in [0.2, 0.25) is 0 Å². The Hall–Kier alpha value is -2.15. The van der Waals surface area contributed by atoms with E-state index < -0.39 is 0 Å². The van der Waals surface area contributed by atoms with E-state index in [9.17, 15) is 0 Å². The van der Waals surface area contributed by atoms with Crippen molar-refractivity contribution < 1.29 is 0 Å². The van der Waals surface area contributed by atoms with Crippen molar-refractivity contribution in [1.29, 1.82) is 0 Å². The summed E-state index contributed by atoms with van der Waals surface area (Å²) in [5.74, 6) is 2.55. The molecule has 0 N–H and O–H groups in total. The number of aromatic nitrogens is 1. The summed E-state index contributed by atoms with van der Waals surface area (Å²) in [6.07, 6.45) is 15.5. The maximum atomic E-state index is 5.03. The fourth-order valence-corrected chi connectivity index (χ4v) is 5.43. The Bertz CT molecular complexity index is 954. The van der Waals surface area contributed by atoms with Crippen LogP contribution < -0.4 is 0 Å². The molecule has 1 heterocycles. The minimum absolute atomic E-state index is 0.520. The molecule has 0 radical (unpaired) electrons. The molecule has 0 saturated heterocycles. The van der Waals surface area contributed by atoms with Crippen LogP contribution in [0.3, 0.4) is 0 Å². The number of nitrogens with zero attached hydrogens (tertiary/aromatic N) is 1. The Kier molecular flexibility index (Phi) is 6.27. The van der Waals surface area contributed by atoms with E-state index in [1.807, 2.05) is 0 Å². The lowest BCUT2D eigenvalue weighted by atomic mass is 9.67. The maximum Gasteiger partial charge on any atom is 0.0708 e. The predicted octanol–water partition coefficient (Wildman–Crippen LogP) is 8.63. The van der Waals surface area contributed by atoms with Gasteiger partial charge in [-0.15, -0.1) is 0 Å². The number of hydrogen-bond donors (Lipinski definition) is 0. The molecule has 2 aromatic rings. The Morgan fingerprint density at radius 1 is 1.03 bits per heavy atom. The van der Waals surface area contributed by atoms with Crippen molar-refractivity contribution in [3.05, 3.63) is 70.9 Å². The number of allylic oxidation sites excluding steroid dienone is 4. The van der Waals surface area contributed by atoms with Crippen molar-refractivity contribution >= 4 is 5.57 Å². The van der Waals surface area contributed by atoms with Gasteiger partial charge in [0.25, 0.3) is 0 Å². The maximum absolute atomic E-state index is 5.03. The van der Waals surface area contributed by atoms with E-state index in [4.69, 9.17) is 4.98 Å². The Morgan fingerprint density at radius 3 is 2.37 bits per heavy atom. The zero-order chi connectivity index (χ0) is 21.3. The highest BCUT2D eigenvalue weighted by Crippen LogP contribution is 2.50. The number of fused-ring (bicyclic) bond motifs is 2. The van der Waals surface area contributed by atoms with Crippen LogP contribution in [0.25, 0.3) is 16.8 Å². The molecule has 3 aliphatic rings. The first-order valence-corrected chi connectivity index (χ1v) is 12.0. The topological polar surface area (TPSA) is 12.9 Å². The van der Waals surface area contributed by atoms with Crippen LogP contribution >= 0.6 is 0 Å². The van der Waals surface area contributed by atoms with Gasteiger partial charge in [-0.05, 0) is 103 Å². The second-order valence-corrected chi connectivity index (χ2v) is 9.72. The van der Waals surface area contributed by atoms with Crippen molar-refractivity contribution in [2.45, 2.75) is 84.5 Å². The summed E-state index contributed by atoms with van der Waals surface area (Å²) >= 11 is 0. The number of benzene rings is 1. The van der Waals surface area contributed by atoms with Crippen LogP contribution in [0.15, 0.2) is 48.7 Å². The van der Waals surface area contributed by atoms with E-state index in [1.54, 1.807) is 5.56 Å². The molecule has 3 aliphatic carbocycles. The first kappa shape index (κ1) is 21.1. The van der Waals surface area contributed by atoms with Gasteiger partial charge in [0.2, 0.25) is 0 Å². The average molecular weight is 400 g/mol. The Balaban J connectivity index is 1.84. The first-order chi connectivity index (χ1) is 14.5. The molecule has 1 nitrogen and oxygen atoms in total. The summed E-state index contributed by atoms with van der Waals surface area (Å²) in [6, 6.07) is 9.49. The Morgan fingerprint density at radius 2 is 1.73 bits per heavy atom. The number of rotatable bonds is 6. The third-order valence-corrected chi connectivity index (χ3v) is 7.24. The summed E-state index contributed by atoms with van der Waals surface area (Å²) in [7, 11) is 0. The number of hydrogen-bond acceptors (Lipinski definition) is 1. The fraction of sp³-hybridized carbons (Fsp3) is 0.483. The molecule has 1 fully saturated rings. The lowest BCUT2D eigenvalue weighted by molar-refractivity contribution is 0.358. The van der Waals surface area contributed by atoms with Crippen molar-refractivity contribution in [1.82, 2.24) is 4.98 Å². The second-order valence-electron chi connectivity index (χ2n) is 9.72. The second kappa shape index (κ2) is 8.92. The molecule has 1 aromatic heterocycles. The van der Waals surface area contributed by atoms with E-state index in [0.717, 1.165) is 18.3 Å². The van der Waals surface area contributed by atoms with E-state index in [2.05, 4.69) is 83.3 Å². The highest BCUT2D eigenvalue weighted by atomic mass is 14.7. The summed E-state index contributed by atoms with van der Waals surface area (Å²) in [4.78, 5) is 5.03. The molecule has 2 bridgehead atoms. The van der Waals surface area contributed by atoms with Gasteiger partial charge in [-0.25, -0.2) is 0 Å². The molecular weight excluding hydrogens is 362 g/mol. The molecule has 158 valence electrons. The van der Waals surface area contributed by atoms with Crippen LogP contribution in [0, 0.1) is 5.92 Å². The molecule has 1 heteroatoms. The SMILES string of the molecule is C/C=C\C(=C/C(C)C)c1ccc(C(C)CC)c(-c2cc3c(cn2)C2CCC3CC2)c1. The average Bonchev–Trinajstić information content (AvgIpc) is 2.78. The summed E-state index contributed by atoms with van der Waals surface area (Å²) in [6.45, 7) is 11.2. The molecule has 30 heavy (non-hydrogen) atoms. The smallest absolute Gasteiger partial charge is 0.0708 e. The van der Waals surface area contributed by atoms with Crippen LogP contribution in [-0.4, -0.2) is 4.98 Å². The van der Waals surface area contributed by atoms with Gasteiger partial charge in [0, 0.05) is 11.8 Å². The van der Waals surface area contributed by atoms with Gasteiger partial charge in [-0.2, -0.15) is 0 Å². The zero-order valence-corrected chi connectivity index (χ0v) is 19.4. The van der Waals surface area contributed by atoms with Crippen molar-refractivity contribution in [3.8, 4) is 11.3 Å². The Labute approximate surface area is 183 Å². The lowest BCUT2D eigenvalue weighted by Gasteiger charge is -2.38. The number of pyridine rings is 1. The molecule has 1 aromatic carbocycles. The molecule has 0 amide bonds. The largest absolute Gasteiger partial charge is 0.256 e. The standard InChI is InChI=1S/C29H37N/c1-6-8-23(15-19(3)4)24-13-14-25(20(5)7-2)27(16-24)29-17-26-21-9-11-22(12-10-21)28(26)18-30-29/h6,8,13-22H,7,9-12H2,1-5H3/b8-6-,23-15+. The van der Waals surface area contributed by atoms with E-state index >= 15 is 0 Å². The highest BCUT2D eigenvalue weighted by molar-refractivity contribution is 5.79. The molecule has 1 saturated carbocycles. The molecule has 1 unspecified atom stereocenters. The van der Waals surface area contributed by atoms with Gasteiger partial charge < -0.3 is 0 Å². The van der Waals surface area contributed by atoms with Crippen LogP contribution in [0.5, 0.6) is 0 Å². The van der Waals surface area contributed by atoms with Gasteiger partial charge in [0.15, 0.2) is 0 Å². The van der Waals surface area contributed by atoms with E-state index in [0.29, 0.717) is 11.8 Å². The highest BCUT2D eigenvalue weighted by Gasteiger charge is 2.33.